The molecule has 0 atom stereocenters. The van der Waals surface area contributed by atoms with E-state index in [2.05, 4.69) is 15.9 Å². The average molecular weight is 395 g/mol. The first-order chi connectivity index (χ1) is 9.29. The van der Waals surface area contributed by atoms with E-state index in [-0.39, 0.29) is 15.7 Å². The van der Waals surface area contributed by atoms with Crippen LogP contribution in [0.3, 0.4) is 0 Å². The van der Waals surface area contributed by atoms with Gasteiger partial charge in [0.1, 0.15) is 0 Å². The molecule has 0 amide bonds. The van der Waals surface area contributed by atoms with Gasteiger partial charge in [-0.05, 0) is 51.8 Å². The van der Waals surface area contributed by atoms with Crippen LogP contribution in [-0.4, -0.2) is 8.42 Å². The van der Waals surface area contributed by atoms with Crippen molar-refractivity contribution in [2.75, 3.05) is 5.73 Å². The second-order valence-corrected chi connectivity index (χ2v) is 7.85. The van der Waals surface area contributed by atoms with Crippen molar-refractivity contribution in [3.63, 3.8) is 0 Å². The van der Waals surface area contributed by atoms with Crippen molar-refractivity contribution in [3.8, 4) is 0 Å². The van der Waals surface area contributed by atoms with Gasteiger partial charge in [0.05, 0.1) is 20.7 Å². The molecule has 3 nitrogen and oxygen atoms in total. The minimum absolute atomic E-state index is 0.133. The van der Waals surface area contributed by atoms with Crippen LogP contribution in [0.5, 0.6) is 0 Å². The van der Waals surface area contributed by atoms with E-state index in [0.29, 0.717) is 16.3 Å². The first kappa shape index (κ1) is 15.6. The Hall–Kier alpha value is -0.750. The zero-order chi connectivity index (χ0) is 14.9. The molecule has 0 aliphatic rings. The maximum absolute atomic E-state index is 12.3. The average Bonchev–Trinajstić information content (AvgIpc) is 2.37. The van der Waals surface area contributed by atoms with Crippen molar-refractivity contribution in [1.29, 1.82) is 0 Å². The molecule has 0 unspecified atom stereocenters. The third-order valence-corrected chi connectivity index (χ3v) is 5.81. The van der Waals surface area contributed by atoms with Gasteiger partial charge in [0, 0.05) is 10.2 Å². The summed E-state index contributed by atoms with van der Waals surface area (Å²) in [5, 5.41) is 0.529. The number of sulfone groups is 1. The Morgan fingerprint density at radius 3 is 2.35 bits per heavy atom. The van der Waals surface area contributed by atoms with Crippen LogP contribution in [0.2, 0.25) is 10.0 Å². The molecule has 0 saturated carbocycles. The maximum atomic E-state index is 12.3. The molecule has 106 valence electrons. The SMILES string of the molecule is Nc1cc(CS(=O)(=O)c2ccc(Cl)c(Cl)c2)ccc1Br. The Labute approximate surface area is 135 Å². The van der Waals surface area contributed by atoms with E-state index in [1.807, 2.05) is 0 Å². The highest BCUT2D eigenvalue weighted by Crippen LogP contribution is 2.27. The highest BCUT2D eigenvalue weighted by molar-refractivity contribution is 9.10. The molecule has 0 aromatic heterocycles. The van der Waals surface area contributed by atoms with Crippen molar-refractivity contribution < 1.29 is 8.42 Å². The van der Waals surface area contributed by atoms with Gasteiger partial charge in [0.25, 0.3) is 0 Å². The van der Waals surface area contributed by atoms with Gasteiger partial charge in [-0.25, -0.2) is 8.42 Å². The quantitative estimate of drug-likeness (QED) is 0.789. The molecule has 7 heteroatoms. The van der Waals surface area contributed by atoms with E-state index < -0.39 is 9.84 Å². The predicted molar refractivity (Wildman–Crippen MR) is 85.9 cm³/mol. The molecule has 0 heterocycles. The van der Waals surface area contributed by atoms with Crippen molar-refractivity contribution in [2.24, 2.45) is 0 Å². The minimum Gasteiger partial charge on any atom is -0.398 e. The molecule has 0 saturated heterocycles. The zero-order valence-corrected chi connectivity index (χ0v) is 14.0. The van der Waals surface area contributed by atoms with E-state index >= 15 is 0 Å². The first-order valence-corrected chi connectivity index (χ1v) is 8.71. The number of benzene rings is 2. The van der Waals surface area contributed by atoms with Crippen molar-refractivity contribution in [1.82, 2.24) is 0 Å². The van der Waals surface area contributed by atoms with Crippen LogP contribution in [0.25, 0.3) is 0 Å². The van der Waals surface area contributed by atoms with E-state index in [4.69, 9.17) is 28.9 Å². The van der Waals surface area contributed by atoms with E-state index in [1.54, 1.807) is 18.2 Å². The van der Waals surface area contributed by atoms with Crippen molar-refractivity contribution in [2.45, 2.75) is 10.6 Å². The fraction of sp³-hybridized carbons (Fsp3) is 0.0769. The molecule has 2 rings (SSSR count). The summed E-state index contributed by atoms with van der Waals surface area (Å²) < 4.78 is 25.3. The summed E-state index contributed by atoms with van der Waals surface area (Å²) in [6, 6.07) is 9.30. The summed E-state index contributed by atoms with van der Waals surface area (Å²) in [6.45, 7) is 0. The third kappa shape index (κ3) is 3.47. The van der Waals surface area contributed by atoms with Crippen LogP contribution in [0.4, 0.5) is 5.69 Å². The predicted octanol–water partition coefficient (Wildman–Crippen LogP) is 4.31. The number of hydrogen-bond donors (Lipinski definition) is 1. The van der Waals surface area contributed by atoms with E-state index in [9.17, 15) is 8.42 Å². The molecule has 2 N–H and O–H groups in total. The highest BCUT2D eigenvalue weighted by Gasteiger charge is 2.17. The molecule has 0 radical (unpaired) electrons. The van der Waals surface area contributed by atoms with Gasteiger partial charge in [-0.1, -0.05) is 29.3 Å². The fourth-order valence-corrected chi connectivity index (χ4v) is 3.62. The second kappa shape index (κ2) is 5.93. The lowest BCUT2D eigenvalue weighted by Gasteiger charge is -2.07. The summed E-state index contributed by atoms with van der Waals surface area (Å²) in [5.74, 6) is -0.150. The number of halogens is 3. The molecule has 0 aliphatic heterocycles. The number of rotatable bonds is 3. The van der Waals surface area contributed by atoms with Gasteiger partial charge >= 0.3 is 0 Å². The molecule has 0 bridgehead atoms. The Bertz CT molecular complexity index is 763. The largest absolute Gasteiger partial charge is 0.398 e. The topological polar surface area (TPSA) is 60.2 Å². The van der Waals surface area contributed by atoms with Gasteiger partial charge in [-0.2, -0.15) is 0 Å². The van der Waals surface area contributed by atoms with E-state index in [1.165, 1.54) is 18.2 Å². The lowest BCUT2D eigenvalue weighted by atomic mass is 10.2. The van der Waals surface area contributed by atoms with Crippen molar-refractivity contribution >= 4 is 54.7 Å². The first-order valence-electron chi connectivity index (χ1n) is 5.51. The Morgan fingerprint density at radius 1 is 1.05 bits per heavy atom. The summed E-state index contributed by atoms with van der Waals surface area (Å²) in [4.78, 5) is 0.133. The second-order valence-electron chi connectivity index (χ2n) is 4.19. The van der Waals surface area contributed by atoms with Crippen LogP contribution in [0, 0.1) is 0 Å². The molecule has 2 aromatic carbocycles. The smallest absolute Gasteiger partial charge is 0.182 e. The van der Waals surface area contributed by atoms with Gasteiger partial charge < -0.3 is 5.73 Å². The molecule has 2 aromatic rings. The lowest BCUT2D eigenvalue weighted by molar-refractivity contribution is 0.595. The van der Waals surface area contributed by atoms with Gasteiger partial charge in [0.2, 0.25) is 0 Å². The number of anilines is 1. The number of nitrogens with two attached hydrogens (primary N) is 1. The third-order valence-electron chi connectivity index (χ3n) is 2.67. The Kier molecular flexibility index (Phi) is 4.64. The summed E-state index contributed by atoms with van der Waals surface area (Å²) in [5.41, 5.74) is 6.84. The minimum atomic E-state index is -3.50. The summed E-state index contributed by atoms with van der Waals surface area (Å²) in [7, 11) is -3.50. The van der Waals surface area contributed by atoms with Crippen LogP contribution in [0.1, 0.15) is 5.56 Å². The van der Waals surface area contributed by atoms with Crippen molar-refractivity contribution in [3.05, 3.63) is 56.5 Å². The van der Waals surface area contributed by atoms with Gasteiger partial charge in [0.15, 0.2) is 9.84 Å². The Balaban J connectivity index is 2.35. The monoisotopic (exact) mass is 393 g/mol. The highest BCUT2D eigenvalue weighted by atomic mass is 79.9. The van der Waals surface area contributed by atoms with Gasteiger partial charge in [-0.15, -0.1) is 0 Å². The maximum Gasteiger partial charge on any atom is 0.182 e. The molecule has 0 fully saturated rings. The van der Waals surface area contributed by atoms with Crippen LogP contribution < -0.4 is 5.73 Å². The molecule has 20 heavy (non-hydrogen) atoms. The van der Waals surface area contributed by atoms with Crippen LogP contribution in [-0.2, 0) is 15.6 Å². The zero-order valence-electron chi connectivity index (χ0n) is 10.1. The van der Waals surface area contributed by atoms with E-state index in [0.717, 1.165) is 4.47 Å². The molecule has 0 aliphatic carbocycles. The Morgan fingerprint density at radius 2 is 1.75 bits per heavy atom. The molecule has 0 spiro atoms. The van der Waals surface area contributed by atoms with Crippen LogP contribution in [0.15, 0.2) is 45.8 Å². The van der Waals surface area contributed by atoms with Crippen LogP contribution >= 0.6 is 39.1 Å². The van der Waals surface area contributed by atoms with Gasteiger partial charge in [-0.3, -0.25) is 0 Å². The molecular weight excluding hydrogens is 385 g/mol. The number of hydrogen-bond acceptors (Lipinski definition) is 3. The molecular formula is C13H10BrCl2NO2S. The fourth-order valence-electron chi connectivity index (χ4n) is 1.66. The summed E-state index contributed by atoms with van der Waals surface area (Å²) in [6.07, 6.45) is 0. The normalized spacial score (nSPS) is 11.6. The standard InChI is InChI=1S/C13H10BrCl2NO2S/c14-10-3-1-8(5-13(10)17)7-20(18,19)9-2-4-11(15)12(16)6-9/h1-6H,7,17H2. The lowest BCUT2D eigenvalue weighted by Crippen LogP contribution is -2.05. The number of nitrogen functional groups attached to an aromatic ring is 1. The summed E-state index contributed by atoms with van der Waals surface area (Å²) >= 11 is 14.9.